The van der Waals surface area contributed by atoms with Gasteiger partial charge in [0.15, 0.2) is 0 Å². The fourth-order valence-corrected chi connectivity index (χ4v) is 4.49. The Balaban J connectivity index is 1.60. The van der Waals surface area contributed by atoms with Gasteiger partial charge in [0.2, 0.25) is 0 Å². The van der Waals surface area contributed by atoms with Crippen molar-refractivity contribution in [2.45, 2.75) is 50.5 Å². The number of amides is 4. The lowest BCUT2D eigenvalue weighted by Gasteiger charge is -2.34. The van der Waals surface area contributed by atoms with Gasteiger partial charge in [0, 0.05) is 6.54 Å². The Hall–Kier alpha value is -3.29. The lowest BCUT2D eigenvalue weighted by atomic mass is 10.1. The number of carbonyl (C=O) groups excluding carboxylic acids is 3. The number of benzene rings is 1. The highest BCUT2D eigenvalue weighted by Crippen LogP contribution is 2.43. The number of nitrogens with zero attached hydrogens (tertiary/aromatic N) is 4. The maximum atomic E-state index is 13.3. The van der Waals surface area contributed by atoms with E-state index < -0.39 is 53.5 Å². The van der Waals surface area contributed by atoms with E-state index in [1.165, 1.54) is 15.9 Å². The minimum absolute atomic E-state index is 0.208. The van der Waals surface area contributed by atoms with Gasteiger partial charge >= 0.3 is 18.3 Å². The zero-order chi connectivity index (χ0) is 22.5. The maximum Gasteiger partial charge on any atom is 0.417 e. The molecule has 0 unspecified atom stereocenters. The van der Waals surface area contributed by atoms with Crippen molar-refractivity contribution in [3.63, 3.8) is 0 Å². The lowest BCUT2D eigenvalue weighted by molar-refractivity contribution is -0.137. The van der Waals surface area contributed by atoms with Crippen LogP contribution in [0.15, 0.2) is 18.2 Å². The molecule has 8 nitrogen and oxygen atoms in total. The number of hydrogen-bond donors (Lipinski definition) is 0. The van der Waals surface area contributed by atoms with E-state index in [9.17, 15) is 27.6 Å². The van der Waals surface area contributed by atoms with Crippen molar-refractivity contribution >= 4 is 23.7 Å². The number of fused-ring (bicyclic) bond motifs is 5. The number of alkyl halides is 3. The molecular formula is C20H19F3N4O4. The van der Waals surface area contributed by atoms with Gasteiger partial charge in [0.1, 0.15) is 6.04 Å². The van der Waals surface area contributed by atoms with Gasteiger partial charge in [-0.2, -0.15) is 18.4 Å². The van der Waals surface area contributed by atoms with E-state index in [1.54, 1.807) is 0 Å². The number of imide groups is 1. The van der Waals surface area contributed by atoms with Gasteiger partial charge in [-0.1, -0.05) is 13.3 Å². The molecule has 0 N–H and O–H groups in total. The average Bonchev–Trinajstić information content (AvgIpc) is 3.38. The first-order valence-corrected chi connectivity index (χ1v) is 9.90. The van der Waals surface area contributed by atoms with Crippen molar-refractivity contribution in [3.8, 4) is 6.07 Å². The van der Waals surface area contributed by atoms with Crippen molar-refractivity contribution in [2.24, 2.45) is 0 Å². The van der Waals surface area contributed by atoms with Crippen LogP contribution in [0.4, 0.5) is 28.4 Å². The number of ether oxygens (including phenoxy) is 1. The highest BCUT2D eigenvalue weighted by Gasteiger charge is 2.63. The van der Waals surface area contributed by atoms with Gasteiger partial charge in [0.25, 0.3) is 5.91 Å². The van der Waals surface area contributed by atoms with Crippen LogP contribution in [0, 0.1) is 11.3 Å². The molecule has 1 aromatic carbocycles. The number of hydrogen-bond acceptors (Lipinski definition) is 5. The minimum atomic E-state index is -4.82. The molecule has 0 aromatic heterocycles. The summed E-state index contributed by atoms with van der Waals surface area (Å²) in [6.07, 6.45) is -3.41. The standard InChI is InChI=1S/C20H19F3N4O4/c1-2-3-6-31-19(30)25-10-13-8-15(25)16-17(28)27(18(29)26(13)16)12-5-4-11(9-24)14(7-12)20(21,22)23/h4-5,7,13,15-16H,2-3,6,8,10H2,1H3/t13-,15-,16+/m0/s1. The smallest absolute Gasteiger partial charge is 0.417 e. The SMILES string of the molecule is CCCCOC(=O)N1C[C@@H]2C[C@H]1[C@@H]1C(=O)N(c3ccc(C#N)c(C(F)(F)F)c3)C(=O)N21. The molecule has 0 spiro atoms. The van der Waals surface area contributed by atoms with E-state index in [-0.39, 0.29) is 18.8 Å². The largest absolute Gasteiger partial charge is 0.449 e. The van der Waals surface area contributed by atoms with Gasteiger partial charge in [-0.25, -0.2) is 14.5 Å². The first-order valence-electron chi connectivity index (χ1n) is 9.90. The zero-order valence-electron chi connectivity index (χ0n) is 16.6. The van der Waals surface area contributed by atoms with Crippen LogP contribution in [-0.4, -0.2) is 59.1 Å². The topological polar surface area (TPSA) is 94.0 Å². The van der Waals surface area contributed by atoms with Crippen LogP contribution >= 0.6 is 0 Å². The molecule has 3 heterocycles. The molecule has 2 bridgehead atoms. The predicted octanol–water partition coefficient (Wildman–Crippen LogP) is 3.11. The van der Waals surface area contributed by atoms with E-state index in [0.717, 1.165) is 18.6 Å². The summed E-state index contributed by atoms with van der Waals surface area (Å²) >= 11 is 0. The molecule has 0 radical (unpaired) electrons. The summed E-state index contributed by atoms with van der Waals surface area (Å²) in [6.45, 7) is 2.41. The normalized spacial score (nSPS) is 24.6. The van der Waals surface area contributed by atoms with Crippen LogP contribution in [-0.2, 0) is 15.7 Å². The molecule has 3 aliphatic rings. The molecule has 31 heavy (non-hydrogen) atoms. The quantitative estimate of drug-likeness (QED) is 0.534. The van der Waals surface area contributed by atoms with Crippen molar-refractivity contribution in [3.05, 3.63) is 29.3 Å². The van der Waals surface area contributed by atoms with Crippen LogP contribution in [0.1, 0.15) is 37.3 Å². The maximum absolute atomic E-state index is 13.3. The number of piperazine rings is 1. The zero-order valence-corrected chi connectivity index (χ0v) is 16.6. The van der Waals surface area contributed by atoms with Gasteiger partial charge in [-0.05, 0) is 31.0 Å². The summed E-state index contributed by atoms with van der Waals surface area (Å²) in [7, 11) is 0. The third kappa shape index (κ3) is 3.26. The number of anilines is 1. The number of halogens is 3. The number of urea groups is 1. The summed E-state index contributed by atoms with van der Waals surface area (Å²) in [5.41, 5.74) is -2.08. The van der Waals surface area contributed by atoms with Crippen LogP contribution in [0.5, 0.6) is 0 Å². The Morgan fingerprint density at radius 1 is 1.32 bits per heavy atom. The number of unbranched alkanes of at least 4 members (excludes halogenated alkanes) is 1. The molecule has 3 atom stereocenters. The van der Waals surface area contributed by atoms with E-state index in [4.69, 9.17) is 10.00 Å². The first-order chi connectivity index (χ1) is 14.7. The predicted molar refractivity (Wildman–Crippen MR) is 99.8 cm³/mol. The van der Waals surface area contributed by atoms with E-state index in [1.807, 2.05) is 6.92 Å². The molecule has 0 aliphatic carbocycles. The molecule has 4 amide bonds. The Bertz CT molecular complexity index is 990. The average molecular weight is 436 g/mol. The van der Waals surface area contributed by atoms with Crippen molar-refractivity contribution in [1.82, 2.24) is 9.80 Å². The first kappa shape index (κ1) is 21.0. The molecule has 0 saturated carbocycles. The fourth-order valence-electron chi connectivity index (χ4n) is 4.49. The molecule has 4 rings (SSSR count). The monoisotopic (exact) mass is 436 g/mol. The van der Waals surface area contributed by atoms with E-state index >= 15 is 0 Å². The third-order valence-electron chi connectivity index (χ3n) is 5.91. The van der Waals surface area contributed by atoms with Crippen LogP contribution in [0.25, 0.3) is 0 Å². The second-order valence-corrected chi connectivity index (χ2v) is 7.72. The summed E-state index contributed by atoms with van der Waals surface area (Å²) in [6, 6.07) is 1.51. The van der Waals surface area contributed by atoms with Crippen LogP contribution < -0.4 is 4.90 Å². The van der Waals surface area contributed by atoms with Crippen LogP contribution in [0.3, 0.4) is 0 Å². The second kappa shape index (κ2) is 7.44. The summed E-state index contributed by atoms with van der Waals surface area (Å²) in [5, 5.41) is 8.95. The Labute approximate surface area is 175 Å². The third-order valence-corrected chi connectivity index (χ3v) is 5.91. The van der Waals surface area contributed by atoms with Gasteiger partial charge in [-0.15, -0.1) is 0 Å². The van der Waals surface area contributed by atoms with Crippen LogP contribution in [0.2, 0.25) is 0 Å². The summed E-state index contributed by atoms with van der Waals surface area (Å²) in [4.78, 5) is 41.9. The fraction of sp³-hybridized carbons (Fsp3) is 0.500. The molecule has 3 saturated heterocycles. The van der Waals surface area contributed by atoms with Gasteiger partial charge in [-0.3, -0.25) is 4.79 Å². The van der Waals surface area contributed by atoms with Gasteiger partial charge in [0.05, 0.1) is 41.6 Å². The number of carbonyl (C=O) groups is 3. The molecule has 3 fully saturated rings. The number of likely N-dealkylation sites (tertiary alicyclic amines) is 1. The van der Waals surface area contributed by atoms with E-state index in [2.05, 4.69) is 0 Å². The summed E-state index contributed by atoms with van der Waals surface area (Å²) in [5.74, 6) is -0.693. The van der Waals surface area contributed by atoms with Gasteiger partial charge < -0.3 is 14.5 Å². The number of rotatable bonds is 4. The highest BCUT2D eigenvalue weighted by atomic mass is 19.4. The second-order valence-electron chi connectivity index (χ2n) is 7.72. The van der Waals surface area contributed by atoms with Crippen molar-refractivity contribution in [2.75, 3.05) is 18.1 Å². The Morgan fingerprint density at radius 3 is 2.71 bits per heavy atom. The molecule has 11 heteroatoms. The lowest BCUT2D eigenvalue weighted by Crippen LogP contribution is -2.55. The Kier molecular flexibility index (Phi) is 5.03. The van der Waals surface area contributed by atoms with Crippen molar-refractivity contribution < 1.29 is 32.3 Å². The molecule has 1 aromatic rings. The molecule has 3 aliphatic heterocycles. The Morgan fingerprint density at radius 2 is 2.06 bits per heavy atom. The molecule has 164 valence electrons. The number of nitriles is 1. The van der Waals surface area contributed by atoms with Crippen molar-refractivity contribution in [1.29, 1.82) is 5.26 Å². The summed E-state index contributed by atoms with van der Waals surface area (Å²) < 4.78 is 45.2. The molecular weight excluding hydrogens is 417 g/mol. The highest BCUT2D eigenvalue weighted by molar-refractivity contribution is 6.22. The van der Waals surface area contributed by atoms with E-state index in [0.29, 0.717) is 23.8 Å². The minimum Gasteiger partial charge on any atom is -0.449 e.